The van der Waals surface area contributed by atoms with E-state index in [0.717, 1.165) is 34.1 Å². The summed E-state index contributed by atoms with van der Waals surface area (Å²) in [6.45, 7) is -4.36. The summed E-state index contributed by atoms with van der Waals surface area (Å²) in [6.07, 6.45) is 0. The van der Waals surface area contributed by atoms with Gasteiger partial charge in [0.05, 0.1) is 39.5 Å². The number of aromatic hydroxyl groups is 2. The molecule has 0 heterocycles. The van der Waals surface area contributed by atoms with Crippen LogP contribution < -0.4 is 0 Å². The SMILES string of the molecule is O=C(O)CN(CCN(CC(=O)O)C(COCc1ccc(C(=O)O)c(O)c1)C(=O)O)C(COCc1ccc(C(=O)O)c(O)c1)C(=O)O. The van der Waals surface area contributed by atoms with Gasteiger partial charge in [-0.05, 0) is 35.4 Å². The Balaban J connectivity index is 2.14. The predicted molar refractivity (Wildman–Crippen MR) is 151 cm³/mol. The maximum atomic E-state index is 12.1. The molecule has 0 aliphatic carbocycles. The van der Waals surface area contributed by atoms with Crippen molar-refractivity contribution in [2.75, 3.05) is 39.4 Å². The predicted octanol–water partition coefficient (Wildman–Crippen LogP) is -0.0928. The molecule has 46 heavy (non-hydrogen) atoms. The molecule has 2 rings (SSSR count). The number of hydrogen-bond donors (Lipinski definition) is 8. The number of ether oxygens (including phenoxy) is 2. The third-order valence-electron chi connectivity index (χ3n) is 6.48. The van der Waals surface area contributed by atoms with E-state index in [1.165, 1.54) is 12.1 Å². The first kappa shape index (κ1) is 36.9. The quantitative estimate of drug-likeness (QED) is 0.0873. The van der Waals surface area contributed by atoms with E-state index >= 15 is 0 Å². The molecule has 2 atom stereocenters. The van der Waals surface area contributed by atoms with Crippen LogP contribution in [0.1, 0.15) is 31.8 Å². The van der Waals surface area contributed by atoms with E-state index in [1.54, 1.807) is 0 Å². The number of nitrogens with zero attached hydrogens (tertiary/aromatic N) is 2. The molecule has 0 saturated heterocycles. The molecule has 2 aromatic carbocycles. The van der Waals surface area contributed by atoms with Gasteiger partial charge in [-0.15, -0.1) is 0 Å². The van der Waals surface area contributed by atoms with E-state index < -0.39 is 98.8 Å². The monoisotopic (exact) mass is 652 g/mol. The van der Waals surface area contributed by atoms with E-state index in [9.17, 15) is 59.4 Å². The number of phenols is 2. The highest BCUT2D eigenvalue weighted by Gasteiger charge is 2.32. The number of carboxylic acids is 6. The smallest absolute Gasteiger partial charge is 0.339 e. The van der Waals surface area contributed by atoms with Crippen molar-refractivity contribution in [2.45, 2.75) is 25.3 Å². The van der Waals surface area contributed by atoms with Crippen LogP contribution in [0.15, 0.2) is 36.4 Å². The Bertz CT molecular complexity index is 1340. The molecule has 0 fully saturated rings. The van der Waals surface area contributed by atoms with Crippen LogP contribution in [0.25, 0.3) is 0 Å². The fourth-order valence-electron chi connectivity index (χ4n) is 4.23. The van der Waals surface area contributed by atoms with Crippen LogP contribution in [0.2, 0.25) is 0 Å². The summed E-state index contributed by atoms with van der Waals surface area (Å²) in [5.74, 6) is -9.76. The number of aliphatic carboxylic acids is 4. The second-order valence-corrected chi connectivity index (χ2v) is 9.78. The van der Waals surface area contributed by atoms with Gasteiger partial charge in [0.1, 0.15) is 34.7 Å². The largest absolute Gasteiger partial charge is 0.507 e. The van der Waals surface area contributed by atoms with Gasteiger partial charge in [-0.1, -0.05) is 12.1 Å². The summed E-state index contributed by atoms with van der Waals surface area (Å²) in [5.41, 5.74) is -0.184. The van der Waals surface area contributed by atoms with Crippen LogP contribution in [-0.2, 0) is 41.9 Å². The average molecular weight is 653 g/mol. The third kappa shape index (κ3) is 11.3. The minimum Gasteiger partial charge on any atom is -0.507 e. The molecule has 0 amide bonds. The average Bonchev–Trinajstić information content (AvgIpc) is 2.94. The molecule has 18 heteroatoms. The highest BCUT2D eigenvalue weighted by Crippen LogP contribution is 2.21. The van der Waals surface area contributed by atoms with E-state index in [1.807, 2.05) is 0 Å². The van der Waals surface area contributed by atoms with Gasteiger partial charge >= 0.3 is 35.8 Å². The number of carboxylic acid groups (broad SMARTS) is 6. The summed E-state index contributed by atoms with van der Waals surface area (Å²) < 4.78 is 10.8. The standard InChI is InChI=1S/C28H32N2O16/c31-21-7-15(1-3-17(21)25(37)38)11-45-13-19(27(41)42)29(9-23(33)34)5-6-30(10-24(35)36)20(28(43)44)14-46-12-16-2-4-18(26(39)40)22(32)8-16/h1-4,7-8,19-20,31-32H,5-6,9-14H2,(H,33,34)(H,35,36)(H,37,38)(H,39,40)(H,41,42)(H,43,44). The van der Waals surface area contributed by atoms with Crippen molar-refractivity contribution >= 4 is 35.8 Å². The van der Waals surface area contributed by atoms with Crippen LogP contribution in [-0.4, -0.2) is 138 Å². The first-order chi connectivity index (χ1) is 21.6. The van der Waals surface area contributed by atoms with Gasteiger partial charge < -0.3 is 50.3 Å². The lowest BCUT2D eigenvalue weighted by Gasteiger charge is -2.32. The highest BCUT2D eigenvalue weighted by atomic mass is 16.5. The Hall–Kier alpha value is -5.30. The van der Waals surface area contributed by atoms with Gasteiger partial charge in [0, 0.05) is 13.1 Å². The van der Waals surface area contributed by atoms with E-state index in [0.29, 0.717) is 0 Å². The van der Waals surface area contributed by atoms with Crippen molar-refractivity contribution in [3.63, 3.8) is 0 Å². The minimum atomic E-state index is -1.60. The number of rotatable bonds is 21. The Morgan fingerprint density at radius 2 is 0.935 bits per heavy atom. The van der Waals surface area contributed by atoms with Crippen molar-refractivity contribution in [3.8, 4) is 11.5 Å². The second kappa shape index (κ2) is 17.3. The van der Waals surface area contributed by atoms with Gasteiger partial charge in [0.25, 0.3) is 0 Å². The zero-order valence-corrected chi connectivity index (χ0v) is 24.0. The van der Waals surface area contributed by atoms with Gasteiger partial charge in [-0.2, -0.15) is 0 Å². The molecule has 0 aliphatic heterocycles. The van der Waals surface area contributed by atoms with Gasteiger partial charge in [0.15, 0.2) is 0 Å². The zero-order valence-electron chi connectivity index (χ0n) is 24.0. The van der Waals surface area contributed by atoms with Crippen molar-refractivity contribution < 1.29 is 79.1 Å². The van der Waals surface area contributed by atoms with E-state index in [2.05, 4.69) is 0 Å². The second-order valence-electron chi connectivity index (χ2n) is 9.78. The van der Waals surface area contributed by atoms with Crippen LogP contribution in [0.5, 0.6) is 11.5 Å². The summed E-state index contributed by atoms with van der Waals surface area (Å²) in [4.78, 5) is 71.2. The Labute approximate surface area is 259 Å². The van der Waals surface area contributed by atoms with Gasteiger partial charge in [-0.25, -0.2) is 9.59 Å². The highest BCUT2D eigenvalue weighted by molar-refractivity contribution is 5.91. The fourth-order valence-corrected chi connectivity index (χ4v) is 4.23. The summed E-state index contributed by atoms with van der Waals surface area (Å²) >= 11 is 0. The maximum Gasteiger partial charge on any atom is 0.339 e. The zero-order chi connectivity index (χ0) is 34.6. The molecule has 0 saturated carbocycles. The summed E-state index contributed by atoms with van der Waals surface area (Å²) in [6, 6.07) is 3.85. The molecule has 250 valence electrons. The molecule has 2 aromatic rings. The lowest BCUT2D eigenvalue weighted by molar-refractivity contribution is -0.153. The minimum absolute atomic E-state index is 0.279. The summed E-state index contributed by atoms with van der Waals surface area (Å²) in [5, 5.41) is 76.1. The lowest BCUT2D eigenvalue weighted by atomic mass is 10.1. The Kier molecular flexibility index (Phi) is 13.8. The Morgan fingerprint density at radius 3 is 1.20 bits per heavy atom. The van der Waals surface area contributed by atoms with Crippen LogP contribution in [0.3, 0.4) is 0 Å². The first-order valence-corrected chi connectivity index (χ1v) is 13.2. The molecular formula is C28H32N2O16. The molecule has 18 nitrogen and oxygen atoms in total. The molecule has 0 radical (unpaired) electrons. The summed E-state index contributed by atoms with van der Waals surface area (Å²) in [7, 11) is 0. The van der Waals surface area contributed by atoms with Gasteiger partial charge in [-0.3, -0.25) is 29.0 Å². The van der Waals surface area contributed by atoms with Crippen LogP contribution in [0.4, 0.5) is 0 Å². The molecule has 0 spiro atoms. The molecular weight excluding hydrogens is 620 g/mol. The van der Waals surface area contributed by atoms with Crippen molar-refractivity contribution in [1.82, 2.24) is 9.80 Å². The lowest BCUT2D eigenvalue weighted by Crippen LogP contribution is -2.53. The Morgan fingerprint density at radius 1 is 0.587 bits per heavy atom. The normalized spacial score (nSPS) is 12.5. The van der Waals surface area contributed by atoms with E-state index in [-0.39, 0.29) is 35.5 Å². The fraction of sp³-hybridized carbons (Fsp3) is 0.357. The van der Waals surface area contributed by atoms with Crippen molar-refractivity contribution in [1.29, 1.82) is 0 Å². The number of hydrogen-bond acceptors (Lipinski definition) is 12. The van der Waals surface area contributed by atoms with Crippen LogP contribution >= 0.6 is 0 Å². The van der Waals surface area contributed by atoms with Crippen molar-refractivity contribution in [2.24, 2.45) is 0 Å². The molecule has 0 aliphatic rings. The molecule has 8 N–H and O–H groups in total. The topological polar surface area (TPSA) is 289 Å². The molecule has 0 bridgehead atoms. The maximum absolute atomic E-state index is 12.1. The molecule has 0 aromatic heterocycles. The first-order valence-electron chi connectivity index (χ1n) is 13.2. The number of aromatic carboxylic acids is 2. The van der Waals surface area contributed by atoms with Crippen LogP contribution in [0, 0.1) is 0 Å². The number of benzene rings is 2. The molecule has 2 unspecified atom stereocenters. The van der Waals surface area contributed by atoms with Crippen molar-refractivity contribution in [3.05, 3.63) is 58.7 Å². The van der Waals surface area contributed by atoms with Gasteiger partial charge in [0.2, 0.25) is 0 Å². The number of carbonyl (C=O) groups is 6. The third-order valence-corrected chi connectivity index (χ3v) is 6.48. The van der Waals surface area contributed by atoms with E-state index in [4.69, 9.17) is 19.7 Å².